The van der Waals surface area contributed by atoms with Gasteiger partial charge in [0.15, 0.2) is 0 Å². The maximum atomic E-state index is 14.3. The third kappa shape index (κ3) is 3.58. The van der Waals surface area contributed by atoms with Crippen LogP contribution in [0, 0.1) is 18.7 Å². The number of piperidine rings is 1. The molecule has 1 N–H and O–H groups in total. The van der Waals surface area contributed by atoms with Crippen molar-refractivity contribution in [3.8, 4) is 11.3 Å². The summed E-state index contributed by atoms with van der Waals surface area (Å²) in [5.74, 6) is -1.38. The van der Waals surface area contributed by atoms with Crippen LogP contribution in [0.1, 0.15) is 35.4 Å². The van der Waals surface area contributed by atoms with Gasteiger partial charge in [-0.25, -0.2) is 4.39 Å². The predicted octanol–water partition coefficient (Wildman–Crippen LogP) is 3.77. The van der Waals surface area contributed by atoms with Crippen LogP contribution in [0.4, 0.5) is 4.39 Å². The molecule has 0 radical (unpaired) electrons. The van der Waals surface area contributed by atoms with Crippen molar-refractivity contribution in [2.45, 2.75) is 26.2 Å². The van der Waals surface area contributed by atoms with E-state index in [0.717, 1.165) is 0 Å². The Hall–Kier alpha value is -2.41. The first-order chi connectivity index (χ1) is 12.4. The SMILES string of the molecule is Cc1onc(-c2c(F)cccc2Cl)c1C(=O)N1CCC(CC(=O)O)CC1. The molecule has 1 aromatic carbocycles. The Morgan fingerprint density at radius 1 is 1.38 bits per heavy atom. The van der Waals surface area contributed by atoms with E-state index < -0.39 is 11.8 Å². The van der Waals surface area contributed by atoms with Gasteiger partial charge in [-0.3, -0.25) is 9.59 Å². The minimum atomic E-state index is -0.832. The Morgan fingerprint density at radius 2 is 2.08 bits per heavy atom. The monoisotopic (exact) mass is 380 g/mol. The summed E-state index contributed by atoms with van der Waals surface area (Å²) in [7, 11) is 0. The molecule has 1 aliphatic rings. The quantitative estimate of drug-likeness (QED) is 0.872. The zero-order chi connectivity index (χ0) is 18.8. The summed E-state index contributed by atoms with van der Waals surface area (Å²) in [5, 5.41) is 12.9. The third-order valence-corrected chi connectivity index (χ3v) is 4.96. The third-order valence-electron chi connectivity index (χ3n) is 4.64. The maximum Gasteiger partial charge on any atom is 0.303 e. The van der Waals surface area contributed by atoms with Gasteiger partial charge < -0.3 is 14.5 Å². The lowest BCUT2D eigenvalue weighted by Crippen LogP contribution is -2.39. The second-order valence-electron chi connectivity index (χ2n) is 6.39. The summed E-state index contributed by atoms with van der Waals surface area (Å²) >= 11 is 6.10. The van der Waals surface area contributed by atoms with Gasteiger partial charge in [0.2, 0.25) is 0 Å². The molecule has 0 spiro atoms. The van der Waals surface area contributed by atoms with Crippen LogP contribution in [0.3, 0.4) is 0 Å². The van der Waals surface area contributed by atoms with Crippen LogP contribution in [-0.4, -0.2) is 40.1 Å². The lowest BCUT2D eigenvalue weighted by atomic mass is 9.93. The Labute approximate surface area is 154 Å². The van der Waals surface area contributed by atoms with E-state index >= 15 is 0 Å². The van der Waals surface area contributed by atoms with Crippen molar-refractivity contribution in [3.05, 3.63) is 40.4 Å². The number of hydrogen-bond acceptors (Lipinski definition) is 4. The number of benzene rings is 1. The van der Waals surface area contributed by atoms with Crippen LogP contribution in [0.15, 0.2) is 22.7 Å². The first-order valence-corrected chi connectivity index (χ1v) is 8.68. The summed E-state index contributed by atoms with van der Waals surface area (Å²) in [6, 6.07) is 4.25. The molecular weight excluding hydrogens is 363 g/mol. The fourth-order valence-corrected chi connectivity index (χ4v) is 3.52. The highest BCUT2D eigenvalue weighted by Crippen LogP contribution is 2.34. The van der Waals surface area contributed by atoms with E-state index in [4.69, 9.17) is 21.2 Å². The van der Waals surface area contributed by atoms with Crippen molar-refractivity contribution >= 4 is 23.5 Å². The van der Waals surface area contributed by atoms with E-state index in [0.29, 0.717) is 25.9 Å². The van der Waals surface area contributed by atoms with Gasteiger partial charge in [-0.05, 0) is 37.8 Å². The van der Waals surface area contributed by atoms with E-state index in [1.165, 1.54) is 18.2 Å². The normalized spacial score (nSPS) is 15.3. The molecule has 2 aromatic rings. The molecule has 6 nitrogen and oxygen atoms in total. The summed E-state index contributed by atoms with van der Waals surface area (Å²) in [6.45, 7) is 2.47. The first kappa shape index (κ1) is 18.4. The molecule has 0 atom stereocenters. The lowest BCUT2D eigenvalue weighted by molar-refractivity contribution is -0.138. The van der Waals surface area contributed by atoms with Crippen molar-refractivity contribution in [2.75, 3.05) is 13.1 Å². The Balaban J connectivity index is 1.86. The molecule has 8 heteroatoms. The van der Waals surface area contributed by atoms with Gasteiger partial charge >= 0.3 is 5.97 Å². The largest absolute Gasteiger partial charge is 0.481 e. The molecule has 0 saturated carbocycles. The summed E-state index contributed by atoms with van der Waals surface area (Å²) in [4.78, 5) is 25.4. The summed E-state index contributed by atoms with van der Waals surface area (Å²) in [5.41, 5.74) is 0.312. The average Bonchev–Trinajstić information content (AvgIpc) is 2.95. The topological polar surface area (TPSA) is 83.6 Å². The Kier molecular flexibility index (Phi) is 5.27. The van der Waals surface area contributed by atoms with Crippen molar-refractivity contribution in [1.82, 2.24) is 10.1 Å². The zero-order valence-corrected chi connectivity index (χ0v) is 14.9. The van der Waals surface area contributed by atoms with E-state index in [9.17, 15) is 14.0 Å². The number of carboxylic acids is 1. The number of likely N-dealkylation sites (tertiary alicyclic amines) is 1. The number of nitrogens with zero attached hydrogens (tertiary/aromatic N) is 2. The fourth-order valence-electron chi connectivity index (χ4n) is 3.26. The highest BCUT2D eigenvalue weighted by Gasteiger charge is 2.31. The number of hydrogen-bond donors (Lipinski definition) is 1. The average molecular weight is 381 g/mol. The van der Waals surface area contributed by atoms with Crippen molar-refractivity contribution in [1.29, 1.82) is 0 Å². The predicted molar refractivity (Wildman–Crippen MR) is 92.5 cm³/mol. The van der Waals surface area contributed by atoms with Crippen LogP contribution >= 0.6 is 11.6 Å². The van der Waals surface area contributed by atoms with Gasteiger partial charge in [0.05, 0.1) is 10.6 Å². The van der Waals surface area contributed by atoms with Crippen molar-refractivity contribution in [2.24, 2.45) is 5.92 Å². The highest BCUT2D eigenvalue weighted by molar-refractivity contribution is 6.33. The van der Waals surface area contributed by atoms with Crippen LogP contribution < -0.4 is 0 Å². The van der Waals surface area contributed by atoms with Gasteiger partial charge in [0, 0.05) is 19.5 Å². The molecule has 1 amide bonds. The van der Waals surface area contributed by atoms with E-state index in [-0.39, 0.29) is 45.8 Å². The minimum Gasteiger partial charge on any atom is -0.481 e. The summed E-state index contributed by atoms with van der Waals surface area (Å²) in [6.07, 6.45) is 1.32. The molecule has 0 bridgehead atoms. The number of amides is 1. The van der Waals surface area contributed by atoms with Crippen LogP contribution in [0.2, 0.25) is 5.02 Å². The molecule has 2 heterocycles. The molecule has 1 saturated heterocycles. The number of aromatic nitrogens is 1. The van der Waals surface area contributed by atoms with Crippen molar-refractivity contribution in [3.63, 3.8) is 0 Å². The van der Waals surface area contributed by atoms with E-state index in [2.05, 4.69) is 5.16 Å². The standard InChI is InChI=1S/C18H18ClFN2O4/c1-10-15(17(21-26-10)16-12(19)3-2-4-13(16)20)18(25)22-7-5-11(6-8-22)9-14(23)24/h2-4,11H,5-9H2,1H3,(H,23,24). The fraction of sp³-hybridized carbons (Fsp3) is 0.389. The summed E-state index contributed by atoms with van der Waals surface area (Å²) < 4.78 is 19.4. The zero-order valence-electron chi connectivity index (χ0n) is 14.2. The highest BCUT2D eigenvalue weighted by atomic mass is 35.5. The maximum absolute atomic E-state index is 14.3. The van der Waals surface area contributed by atoms with E-state index in [1.807, 2.05) is 0 Å². The molecule has 1 fully saturated rings. The molecule has 26 heavy (non-hydrogen) atoms. The van der Waals surface area contributed by atoms with Gasteiger partial charge in [0.1, 0.15) is 22.8 Å². The number of aryl methyl sites for hydroxylation is 1. The van der Waals surface area contributed by atoms with Gasteiger partial charge in [-0.15, -0.1) is 0 Å². The molecular formula is C18H18ClFN2O4. The molecule has 3 rings (SSSR count). The molecule has 0 unspecified atom stereocenters. The van der Waals surface area contributed by atoms with Crippen LogP contribution in [-0.2, 0) is 4.79 Å². The Bertz CT molecular complexity index is 823. The Morgan fingerprint density at radius 3 is 2.69 bits per heavy atom. The molecule has 1 aromatic heterocycles. The van der Waals surface area contributed by atoms with E-state index in [1.54, 1.807) is 11.8 Å². The second-order valence-corrected chi connectivity index (χ2v) is 6.80. The minimum absolute atomic E-state index is 0.0372. The number of aliphatic carboxylic acids is 1. The molecule has 1 aliphatic heterocycles. The number of carbonyl (C=O) groups is 2. The number of carboxylic acid groups (broad SMARTS) is 1. The number of halogens is 2. The first-order valence-electron chi connectivity index (χ1n) is 8.30. The van der Waals surface area contributed by atoms with Gasteiger partial charge in [-0.2, -0.15) is 0 Å². The van der Waals surface area contributed by atoms with Crippen LogP contribution in [0.5, 0.6) is 0 Å². The smallest absolute Gasteiger partial charge is 0.303 e. The second kappa shape index (κ2) is 7.45. The molecule has 138 valence electrons. The number of carbonyl (C=O) groups excluding carboxylic acids is 1. The van der Waals surface area contributed by atoms with Crippen molar-refractivity contribution < 1.29 is 23.6 Å². The molecule has 0 aliphatic carbocycles. The lowest BCUT2D eigenvalue weighted by Gasteiger charge is -2.31. The number of rotatable bonds is 4. The van der Waals surface area contributed by atoms with Gasteiger partial charge in [0.25, 0.3) is 5.91 Å². The van der Waals surface area contributed by atoms with Crippen LogP contribution in [0.25, 0.3) is 11.3 Å². The van der Waals surface area contributed by atoms with Gasteiger partial charge in [-0.1, -0.05) is 22.8 Å².